The predicted octanol–water partition coefficient (Wildman–Crippen LogP) is 0.457. The number of piperidine rings is 1. The van der Waals surface area contributed by atoms with E-state index >= 15 is 0 Å². The molecule has 5 nitrogen and oxygen atoms in total. The molecule has 1 saturated heterocycles. The minimum Gasteiger partial charge on any atom is -0.356 e. The van der Waals surface area contributed by atoms with Crippen LogP contribution in [0.3, 0.4) is 0 Å². The Morgan fingerprint density at radius 2 is 2.12 bits per heavy atom. The molecule has 2 aromatic heterocycles. The van der Waals surface area contributed by atoms with Crippen LogP contribution in [0.5, 0.6) is 0 Å². The SMILES string of the molecule is NC1CCN(c2cccc3n[c]nn23)CC1. The second kappa shape index (κ2) is 3.75. The zero-order valence-electron chi connectivity index (χ0n) is 9.00. The van der Waals surface area contributed by atoms with Gasteiger partial charge in [-0.1, -0.05) is 6.07 Å². The Morgan fingerprint density at radius 3 is 2.94 bits per heavy atom. The van der Waals surface area contributed by atoms with Crippen molar-refractivity contribution in [2.24, 2.45) is 5.73 Å². The van der Waals surface area contributed by atoms with Gasteiger partial charge in [-0.2, -0.15) is 4.52 Å². The highest BCUT2D eigenvalue weighted by Gasteiger charge is 2.18. The fourth-order valence-electron chi connectivity index (χ4n) is 2.15. The van der Waals surface area contributed by atoms with Crippen molar-refractivity contribution in [2.45, 2.75) is 18.9 Å². The smallest absolute Gasteiger partial charge is 0.221 e. The molecule has 2 aromatic rings. The molecule has 3 rings (SSSR count). The largest absolute Gasteiger partial charge is 0.356 e. The summed E-state index contributed by atoms with van der Waals surface area (Å²) in [5.74, 6) is 1.08. The number of hydrogen-bond acceptors (Lipinski definition) is 4. The van der Waals surface area contributed by atoms with Gasteiger partial charge in [-0.25, -0.2) is 4.98 Å². The van der Waals surface area contributed by atoms with E-state index in [1.54, 1.807) is 0 Å². The van der Waals surface area contributed by atoms with Crippen molar-refractivity contribution in [3.8, 4) is 0 Å². The molecule has 3 heterocycles. The summed E-state index contributed by atoms with van der Waals surface area (Å²) in [5.41, 5.74) is 6.74. The third-order valence-corrected chi connectivity index (χ3v) is 3.10. The Balaban J connectivity index is 1.96. The van der Waals surface area contributed by atoms with E-state index in [1.807, 2.05) is 16.6 Å². The van der Waals surface area contributed by atoms with Crippen LogP contribution in [0.2, 0.25) is 0 Å². The van der Waals surface area contributed by atoms with E-state index in [0.29, 0.717) is 6.04 Å². The summed E-state index contributed by atoms with van der Waals surface area (Å²) < 4.78 is 1.83. The second-order valence-electron chi connectivity index (χ2n) is 4.19. The summed E-state index contributed by atoms with van der Waals surface area (Å²) >= 11 is 0. The summed E-state index contributed by atoms with van der Waals surface area (Å²) in [6.07, 6.45) is 4.71. The third-order valence-electron chi connectivity index (χ3n) is 3.10. The number of hydrogen-bond donors (Lipinski definition) is 1. The fraction of sp³-hybridized carbons (Fsp3) is 0.455. The van der Waals surface area contributed by atoms with Crippen molar-refractivity contribution < 1.29 is 0 Å². The van der Waals surface area contributed by atoms with Gasteiger partial charge in [0.25, 0.3) is 0 Å². The van der Waals surface area contributed by atoms with Crippen molar-refractivity contribution >= 4 is 11.5 Å². The van der Waals surface area contributed by atoms with Gasteiger partial charge < -0.3 is 10.6 Å². The van der Waals surface area contributed by atoms with E-state index in [0.717, 1.165) is 37.4 Å². The molecule has 0 aliphatic carbocycles. The van der Waals surface area contributed by atoms with E-state index in [9.17, 15) is 0 Å². The maximum absolute atomic E-state index is 5.90. The highest BCUT2D eigenvalue weighted by atomic mass is 15.4. The summed E-state index contributed by atoms with van der Waals surface area (Å²) in [6, 6.07) is 6.34. The summed E-state index contributed by atoms with van der Waals surface area (Å²) in [4.78, 5) is 6.37. The first-order valence-electron chi connectivity index (χ1n) is 5.57. The molecule has 1 aliphatic rings. The predicted molar refractivity (Wildman–Crippen MR) is 61.2 cm³/mol. The Labute approximate surface area is 93.9 Å². The average Bonchev–Trinajstić information content (AvgIpc) is 2.78. The van der Waals surface area contributed by atoms with Gasteiger partial charge in [0.05, 0.1) is 0 Å². The average molecular weight is 216 g/mol. The van der Waals surface area contributed by atoms with Crippen molar-refractivity contribution in [2.75, 3.05) is 18.0 Å². The maximum atomic E-state index is 5.90. The van der Waals surface area contributed by atoms with Crippen LogP contribution in [0, 0.1) is 6.33 Å². The molecule has 1 fully saturated rings. The van der Waals surface area contributed by atoms with E-state index in [2.05, 4.69) is 27.4 Å². The number of anilines is 1. The van der Waals surface area contributed by atoms with E-state index < -0.39 is 0 Å². The normalized spacial score (nSPS) is 18.2. The number of nitrogens with two attached hydrogens (primary N) is 1. The van der Waals surface area contributed by atoms with E-state index in [4.69, 9.17) is 5.73 Å². The van der Waals surface area contributed by atoms with Gasteiger partial charge in [-0.05, 0) is 25.0 Å². The minimum atomic E-state index is 0.345. The van der Waals surface area contributed by atoms with Gasteiger partial charge in [0, 0.05) is 19.1 Å². The highest BCUT2D eigenvalue weighted by Crippen LogP contribution is 2.19. The van der Waals surface area contributed by atoms with Crippen LogP contribution in [-0.2, 0) is 0 Å². The van der Waals surface area contributed by atoms with Gasteiger partial charge in [0.1, 0.15) is 5.82 Å². The summed E-state index contributed by atoms with van der Waals surface area (Å²) in [6.45, 7) is 1.97. The fourth-order valence-corrected chi connectivity index (χ4v) is 2.15. The van der Waals surface area contributed by atoms with Crippen molar-refractivity contribution in [1.29, 1.82) is 0 Å². The van der Waals surface area contributed by atoms with Gasteiger partial charge in [-0.3, -0.25) is 0 Å². The zero-order chi connectivity index (χ0) is 11.0. The van der Waals surface area contributed by atoms with Crippen LogP contribution in [-0.4, -0.2) is 33.7 Å². The first-order valence-corrected chi connectivity index (χ1v) is 5.57. The molecule has 16 heavy (non-hydrogen) atoms. The molecule has 83 valence electrons. The summed E-state index contributed by atoms with van der Waals surface area (Å²) in [5, 5.41) is 4.12. The molecule has 0 aromatic carbocycles. The van der Waals surface area contributed by atoms with Gasteiger partial charge in [-0.15, -0.1) is 5.10 Å². The second-order valence-corrected chi connectivity index (χ2v) is 4.19. The first kappa shape index (κ1) is 9.59. The summed E-state index contributed by atoms with van der Waals surface area (Å²) in [7, 11) is 0. The number of pyridine rings is 1. The Hall–Kier alpha value is -1.62. The maximum Gasteiger partial charge on any atom is 0.221 e. The van der Waals surface area contributed by atoms with Crippen molar-refractivity contribution in [3.63, 3.8) is 0 Å². The Bertz CT molecular complexity index is 484. The van der Waals surface area contributed by atoms with Crippen LogP contribution in [0.15, 0.2) is 18.2 Å². The number of rotatable bonds is 1. The van der Waals surface area contributed by atoms with Crippen molar-refractivity contribution in [3.05, 3.63) is 24.5 Å². The van der Waals surface area contributed by atoms with Crippen LogP contribution in [0.4, 0.5) is 5.82 Å². The van der Waals surface area contributed by atoms with Gasteiger partial charge in [0.2, 0.25) is 6.33 Å². The van der Waals surface area contributed by atoms with Gasteiger partial charge in [0.15, 0.2) is 5.65 Å². The lowest BCUT2D eigenvalue weighted by molar-refractivity contribution is 0.496. The van der Waals surface area contributed by atoms with Crippen LogP contribution in [0.25, 0.3) is 5.65 Å². The first-order chi connectivity index (χ1) is 7.84. The molecule has 1 aliphatic heterocycles. The molecule has 0 saturated carbocycles. The highest BCUT2D eigenvalue weighted by molar-refractivity contribution is 5.49. The van der Waals surface area contributed by atoms with Crippen LogP contribution in [0.1, 0.15) is 12.8 Å². The van der Waals surface area contributed by atoms with Crippen LogP contribution >= 0.6 is 0 Å². The Kier molecular flexibility index (Phi) is 2.25. The molecule has 0 spiro atoms. The molecule has 0 atom stereocenters. The van der Waals surface area contributed by atoms with Gasteiger partial charge >= 0.3 is 0 Å². The molecular weight excluding hydrogens is 202 g/mol. The monoisotopic (exact) mass is 216 g/mol. The quantitative estimate of drug-likeness (QED) is 0.752. The topological polar surface area (TPSA) is 59.5 Å². The molecule has 0 bridgehead atoms. The number of aromatic nitrogens is 3. The minimum absolute atomic E-state index is 0.345. The molecule has 5 heteroatoms. The zero-order valence-corrected chi connectivity index (χ0v) is 9.00. The third kappa shape index (κ3) is 1.53. The molecule has 0 unspecified atom stereocenters. The Morgan fingerprint density at radius 1 is 1.31 bits per heavy atom. The molecule has 2 N–H and O–H groups in total. The standard InChI is InChI=1S/C11H14N5/c12-9-4-6-15(7-5-9)11-3-1-2-10-13-8-14-16(10)11/h1-3,9H,4-7,12H2. The lowest BCUT2D eigenvalue weighted by atomic mass is 10.1. The molecule has 0 amide bonds. The number of fused-ring (bicyclic) bond motifs is 1. The van der Waals surface area contributed by atoms with Crippen LogP contribution < -0.4 is 10.6 Å². The lowest BCUT2D eigenvalue weighted by Crippen LogP contribution is -2.40. The molecular formula is C11H14N5. The van der Waals surface area contributed by atoms with E-state index in [1.165, 1.54) is 0 Å². The lowest BCUT2D eigenvalue weighted by Gasteiger charge is -2.31. The van der Waals surface area contributed by atoms with Crippen molar-refractivity contribution in [1.82, 2.24) is 14.6 Å². The number of nitrogens with zero attached hydrogens (tertiary/aromatic N) is 4. The van der Waals surface area contributed by atoms with E-state index in [-0.39, 0.29) is 0 Å². The molecule has 1 radical (unpaired) electrons.